The van der Waals surface area contributed by atoms with E-state index in [9.17, 15) is 0 Å². The van der Waals surface area contributed by atoms with Gasteiger partial charge >= 0.3 is 0 Å². The first-order valence-corrected chi connectivity index (χ1v) is 8.52. The van der Waals surface area contributed by atoms with Crippen LogP contribution in [0.2, 0.25) is 0 Å². The molecule has 1 atom stereocenters. The first-order valence-electron chi connectivity index (χ1n) is 7.64. The number of thiophene rings is 1. The number of hydrogen-bond donors (Lipinski definition) is 1. The molecule has 2 heterocycles. The second-order valence-corrected chi connectivity index (χ2v) is 6.68. The third-order valence-electron chi connectivity index (χ3n) is 4.17. The second-order valence-electron chi connectivity index (χ2n) is 5.70. The molecule has 1 aliphatic carbocycles. The van der Waals surface area contributed by atoms with Crippen molar-refractivity contribution in [3.63, 3.8) is 0 Å². The maximum absolute atomic E-state index is 4.74. The van der Waals surface area contributed by atoms with E-state index in [1.165, 1.54) is 37.0 Å². The average Bonchev–Trinajstić information content (AvgIpc) is 3.17. The van der Waals surface area contributed by atoms with E-state index in [-0.39, 0.29) is 0 Å². The van der Waals surface area contributed by atoms with Crippen molar-refractivity contribution in [2.24, 2.45) is 0 Å². The van der Waals surface area contributed by atoms with Gasteiger partial charge in [-0.3, -0.25) is 4.68 Å². The molecule has 1 fully saturated rings. The molecule has 20 heavy (non-hydrogen) atoms. The van der Waals surface area contributed by atoms with Crippen LogP contribution in [0, 0.1) is 0 Å². The average molecular weight is 289 g/mol. The monoisotopic (exact) mass is 289 g/mol. The Hall–Kier alpha value is -1.13. The van der Waals surface area contributed by atoms with E-state index in [1.54, 1.807) is 11.3 Å². The molecule has 1 aliphatic rings. The molecule has 108 valence electrons. The van der Waals surface area contributed by atoms with Crippen LogP contribution in [0.5, 0.6) is 0 Å². The van der Waals surface area contributed by atoms with Gasteiger partial charge in [0.2, 0.25) is 0 Å². The normalized spacial score (nSPS) is 18.2. The van der Waals surface area contributed by atoms with Gasteiger partial charge in [0.25, 0.3) is 0 Å². The molecule has 4 heteroatoms. The zero-order valence-corrected chi connectivity index (χ0v) is 12.9. The molecule has 3 nitrogen and oxygen atoms in total. The topological polar surface area (TPSA) is 29.9 Å². The summed E-state index contributed by atoms with van der Waals surface area (Å²) in [6.07, 6.45) is 8.84. The van der Waals surface area contributed by atoms with Crippen molar-refractivity contribution >= 4 is 11.3 Å². The van der Waals surface area contributed by atoms with E-state index in [0.29, 0.717) is 12.1 Å². The van der Waals surface area contributed by atoms with Crippen LogP contribution in [0.25, 0.3) is 0 Å². The standard InChI is InChI=1S/C16H23N3S/c1-13(16-8-5-11-20-16)17-12-14-9-10-19(18-14)15-6-3-2-4-7-15/h5,8-11,13,15,17H,2-4,6-7,12H2,1H3. The maximum Gasteiger partial charge on any atom is 0.0762 e. The highest BCUT2D eigenvalue weighted by Gasteiger charge is 2.16. The van der Waals surface area contributed by atoms with Gasteiger partial charge in [-0.25, -0.2) is 0 Å². The summed E-state index contributed by atoms with van der Waals surface area (Å²) in [5.41, 5.74) is 1.15. The fourth-order valence-electron chi connectivity index (χ4n) is 2.92. The molecule has 0 aromatic carbocycles. The largest absolute Gasteiger partial charge is 0.304 e. The van der Waals surface area contributed by atoms with E-state index in [0.717, 1.165) is 12.2 Å². The highest BCUT2D eigenvalue weighted by Crippen LogP contribution is 2.27. The maximum atomic E-state index is 4.74. The Morgan fingerprint density at radius 1 is 1.35 bits per heavy atom. The summed E-state index contributed by atoms with van der Waals surface area (Å²) in [5, 5.41) is 10.4. The van der Waals surface area contributed by atoms with Gasteiger partial charge in [0, 0.05) is 23.7 Å². The molecule has 0 bridgehead atoms. The summed E-state index contributed by atoms with van der Waals surface area (Å²) >= 11 is 1.81. The van der Waals surface area contributed by atoms with Crippen LogP contribution in [0.1, 0.15) is 61.7 Å². The van der Waals surface area contributed by atoms with Gasteiger partial charge in [-0.05, 0) is 37.3 Å². The van der Waals surface area contributed by atoms with Crippen LogP contribution in [0.15, 0.2) is 29.8 Å². The number of aromatic nitrogens is 2. The van der Waals surface area contributed by atoms with Gasteiger partial charge in [0.15, 0.2) is 0 Å². The molecule has 0 aliphatic heterocycles. The summed E-state index contributed by atoms with van der Waals surface area (Å²) in [6.45, 7) is 3.06. The highest BCUT2D eigenvalue weighted by molar-refractivity contribution is 7.10. The predicted molar refractivity (Wildman–Crippen MR) is 83.9 cm³/mol. The molecule has 1 unspecified atom stereocenters. The van der Waals surface area contributed by atoms with Crippen molar-refractivity contribution < 1.29 is 0 Å². The Balaban J connectivity index is 1.54. The van der Waals surface area contributed by atoms with Gasteiger partial charge in [0.1, 0.15) is 0 Å². The van der Waals surface area contributed by atoms with Gasteiger partial charge in [-0.1, -0.05) is 25.3 Å². The molecule has 3 rings (SSSR count). The van der Waals surface area contributed by atoms with E-state index < -0.39 is 0 Å². The zero-order chi connectivity index (χ0) is 13.8. The molecule has 0 radical (unpaired) electrons. The van der Waals surface area contributed by atoms with Crippen molar-refractivity contribution in [2.75, 3.05) is 0 Å². The van der Waals surface area contributed by atoms with Crippen molar-refractivity contribution in [3.05, 3.63) is 40.3 Å². The summed E-state index contributed by atoms with van der Waals surface area (Å²) in [7, 11) is 0. The zero-order valence-electron chi connectivity index (χ0n) is 12.1. The van der Waals surface area contributed by atoms with Crippen LogP contribution in [0.3, 0.4) is 0 Å². The molecular formula is C16H23N3S. The smallest absolute Gasteiger partial charge is 0.0762 e. The Labute approximate surface area is 125 Å². The number of nitrogens with one attached hydrogen (secondary N) is 1. The minimum Gasteiger partial charge on any atom is -0.304 e. The van der Waals surface area contributed by atoms with Gasteiger partial charge < -0.3 is 5.32 Å². The predicted octanol–water partition coefficient (Wildman–Crippen LogP) is 4.30. The highest BCUT2D eigenvalue weighted by atomic mass is 32.1. The van der Waals surface area contributed by atoms with Crippen LogP contribution >= 0.6 is 11.3 Å². The summed E-state index contributed by atoms with van der Waals surface area (Å²) in [5.74, 6) is 0. The van der Waals surface area contributed by atoms with Crippen molar-refractivity contribution in [1.29, 1.82) is 0 Å². The SMILES string of the molecule is CC(NCc1ccn(C2CCCCC2)n1)c1cccs1. The Bertz CT molecular complexity index is 512. The molecule has 1 saturated carbocycles. The van der Waals surface area contributed by atoms with E-state index >= 15 is 0 Å². The summed E-state index contributed by atoms with van der Waals surface area (Å²) in [6, 6.07) is 7.48. The first-order chi connectivity index (χ1) is 9.83. The first kappa shape index (κ1) is 13.8. The van der Waals surface area contributed by atoms with E-state index in [4.69, 9.17) is 5.10 Å². The lowest BCUT2D eigenvalue weighted by Crippen LogP contribution is -2.18. The molecule has 2 aromatic rings. The Morgan fingerprint density at radius 2 is 2.20 bits per heavy atom. The third-order valence-corrected chi connectivity index (χ3v) is 5.23. The van der Waals surface area contributed by atoms with Crippen LogP contribution < -0.4 is 5.32 Å². The van der Waals surface area contributed by atoms with Gasteiger partial charge in [-0.15, -0.1) is 11.3 Å². The lowest BCUT2D eigenvalue weighted by atomic mass is 9.96. The summed E-state index contributed by atoms with van der Waals surface area (Å²) < 4.78 is 2.19. The van der Waals surface area contributed by atoms with Crippen LogP contribution in [0.4, 0.5) is 0 Å². The minimum atomic E-state index is 0.398. The number of hydrogen-bond acceptors (Lipinski definition) is 3. The fraction of sp³-hybridized carbons (Fsp3) is 0.562. The summed E-state index contributed by atoms with van der Waals surface area (Å²) in [4.78, 5) is 1.39. The molecule has 1 N–H and O–H groups in total. The molecule has 0 spiro atoms. The molecule has 0 amide bonds. The van der Waals surface area contributed by atoms with E-state index in [1.807, 2.05) is 0 Å². The molecule has 2 aromatic heterocycles. The molecular weight excluding hydrogens is 266 g/mol. The third kappa shape index (κ3) is 3.30. The van der Waals surface area contributed by atoms with E-state index in [2.05, 4.69) is 46.7 Å². The number of rotatable bonds is 5. The Kier molecular flexibility index (Phi) is 4.53. The van der Waals surface area contributed by atoms with Crippen LogP contribution in [-0.2, 0) is 6.54 Å². The second kappa shape index (κ2) is 6.55. The number of nitrogens with zero attached hydrogens (tertiary/aromatic N) is 2. The van der Waals surface area contributed by atoms with Gasteiger partial charge in [-0.2, -0.15) is 5.10 Å². The minimum absolute atomic E-state index is 0.398. The van der Waals surface area contributed by atoms with Crippen molar-refractivity contribution in [3.8, 4) is 0 Å². The Morgan fingerprint density at radius 3 is 2.95 bits per heavy atom. The van der Waals surface area contributed by atoms with Crippen molar-refractivity contribution in [1.82, 2.24) is 15.1 Å². The van der Waals surface area contributed by atoms with Gasteiger partial charge in [0.05, 0.1) is 11.7 Å². The molecule has 0 saturated heterocycles. The quantitative estimate of drug-likeness (QED) is 0.889. The van der Waals surface area contributed by atoms with Crippen molar-refractivity contribution in [2.45, 2.75) is 57.7 Å². The lowest BCUT2D eigenvalue weighted by Gasteiger charge is -2.21. The lowest BCUT2D eigenvalue weighted by molar-refractivity contribution is 0.327. The van der Waals surface area contributed by atoms with Crippen LogP contribution in [-0.4, -0.2) is 9.78 Å². The fourth-order valence-corrected chi connectivity index (χ4v) is 3.68.